The minimum Gasteiger partial charge on any atom is -0.398 e. The van der Waals surface area contributed by atoms with Crippen molar-refractivity contribution in [2.45, 2.75) is 19.2 Å². The predicted molar refractivity (Wildman–Crippen MR) is 71.1 cm³/mol. The van der Waals surface area contributed by atoms with Crippen molar-refractivity contribution in [3.05, 3.63) is 33.9 Å². The van der Waals surface area contributed by atoms with Gasteiger partial charge in [-0.1, -0.05) is 0 Å². The minimum atomic E-state index is -4.87. The van der Waals surface area contributed by atoms with Crippen LogP contribution in [0.25, 0.3) is 0 Å². The van der Waals surface area contributed by atoms with Crippen molar-refractivity contribution >= 4 is 17.3 Å². The Morgan fingerprint density at radius 1 is 1.50 bits per heavy atom. The zero-order valence-electron chi connectivity index (χ0n) is 11.5. The van der Waals surface area contributed by atoms with E-state index in [4.69, 9.17) is 10.8 Å². The van der Waals surface area contributed by atoms with Crippen molar-refractivity contribution in [1.29, 1.82) is 0 Å². The molecule has 1 atom stereocenters. The van der Waals surface area contributed by atoms with Crippen LogP contribution in [0.1, 0.15) is 17.3 Å². The lowest BCUT2D eigenvalue weighted by molar-refractivity contribution is -0.384. The highest BCUT2D eigenvalue weighted by molar-refractivity contribution is 5.99. The number of nitrogens with zero attached hydrogens (tertiary/aromatic N) is 2. The SMILES string of the molecule is CCN(CC(O)C(F)(F)F)C(=O)c1cc([N+](=O)[O-])ccc1N. The smallest absolute Gasteiger partial charge is 0.398 e. The van der Waals surface area contributed by atoms with E-state index >= 15 is 0 Å². The summed E-state index contributed by atoms with van der Waals surface area (Å²) in [4.78, 5) is 22.8. The van der Waals surface area contributed by atoms with Crippen molar-refractivity contribution in [2.75, 3.05) is 18.8 Å². The van der Waals surface area contributed by atoms with Crippen LogP contribution in [0.5, 0.6) is 0 Å². The third-order valence-corrected chi connectivity index (χ3v) is 2.92. The van der Waals surface area contributed by atoms with Crippen LogP contribution in [0.2, 0.25) is 0 Å². The van der Waals surface area contributed by atoms with Gasteiger partial charge in [0.1, 0.15) is 0 Å². The van der Waals surface area contributed by atoms with E-state index in [0.29, 0.717) is 4.90 Å². The Morgan fingerprint density at radius 3 is 2.55 bits per heavy atom. The number of carbonyl (C=O) groups excluding carboxylic acids is 1. The van der Waals surface area contributed by atoms with Gasteiger partial charge in [0, 0.05) is 24.4 Å². The number of nitrogens with two attached hydrogens (primary N) is 1. The van der Waals surface area contributed by atoms with Crippen LogP contribution >= 0.6 is 0 Å². The fourth-order valence-corrected chi connectivity index (χ4v) is 1.68. The number of benzene rings is 1. The van der Waals surface area contributed by atoms with Gasteiger partial charge in [0.05, 0.1) is 17.0 Å². The molecular weight excluding hydrogens is 307 g/mol. The van der Waals surface area contributed by atoms with E-state index in [2.05, 4.69) is 0 Å². The fourth-order valence-electron chi connectivity index (χ4n) is 1.68. The summed E-state index contributed by atoms with van der Waals surface area (Å²) in [5.74, 6) is -0.924. The van der Waals surface area contributed by atoms with Gasteiger partial charge in [-0.05, 0) is 13.0 Å². The van der Waals surface area contributed by atoms with E-state index in [1.54, 1.807) is 0 Å². The molecule has 10 heteroatoms. The van der Waals surface area contributed by atoms with E-state index in [9.17, 15) is 28.1 Å². The fraction of sp³-hybridized carbons (Fsp3) is 0.417. The van der Waals surface area contributed by atoms with Crippen molar-refractivity contribution in [1.82, 2.24) is 4.90 Å². The molecule has 1 rings (SSSR count). The van der Waals surface area contributed by atoms with Crippen LogP contribution in [0.3, 0.4) is 0 Å². The number of hydrogen-bond acceptors (Lipinski definition) is 5. The van der Waals surface area contributed by atoms with Crippen molar-refractivity contribution in [2.24, 2.45) is 0 Å². The lowest BCUT2D eigenvalue weighted by Gasteiger charge is -2.25. The van der Waals surface area contributed by atoms with E-state index in [0.717, 1.165) is 18.2 Å². The molecule has 3 N–H and O–H groups in total. The number of rotatable bonds is 5. The topological polar surface area (TPSA) is 110 Å². The summed E-state index contributed by atoms with van der Waals surface area (Å²) >= 11 is 0. The molecule has 0 aromatic heterocycles. The zero-order valence-corrected chi connectivity index (χ0v) is 11.5. The number of nitro benzene ring substituents is 1. The molecular formula is C12H14F3N3O4. The van der Waals surface area contributed by atoms with Gasteiger partial charge in [-0.2, -0.15) is 13.2 Å². The Morgan fingerprint density at radius 2 is 2.09 bits per heavy atom. The van der Waals surface area contributed by atoms with Crippen molar-refractivity contribution < 1.29 is 28.0 Å². The van der Waals surface area contributed by atoms with Gasteiger partial charge in [0.2, 0.25) is 0 Å². The monoisotopic (exact) mass is 321 g/mol. The minimum absolute atomic E-state index is 0.101. The molecule has 0 aliphatic carbocycles. The summed E-state index contributed by atoms with van der Waals surface area (Å²) in [6.07, 6.45) is -7.58. The highest BCUT2D eigenvalue weighted by atomic mass is 19.4. The van der Waals surface area contributed by atoms with Crippen LogP contribution < -0.4 is 5.73 Å². The quantitative estimate of drug-likeness (QED) is 0.486. The summed E-state index contributed by atoms with van der Waals surface area (Å²) in [7, 11) is 0. The normalized spacial score (nSPS) is 12.8. The largest absolute Gasteiger partial charge is 0.416 e. The average molecular weight is 321 g/mol. The molecule has 1 aromatic carbocycles. The van der Waals surface area contributed by atoms with Crippen LogP contribution in [-0.2, 0) is 0 Å². The molecule has 1 unspecified atom stereocenters. The number of likely N-dealkylation sites (N-methyl/N-ethyl adjacent to an activating group) is 1. The summed E-state index contributed by atoms with van der Waals surface area (Å²) in [6, 6.07) is 3.09. The molecule has 7 nitrogen and oxygen atoms in total. The number of carbonyl (C=O) groups is 1. The molecule has 0 fully saturated rings. The number of amides is 1. The number of nitro groups is 1. The number of halogens is 3. The molecule has 0 aliphatic rings. The Bertz CT molecular complexity index is 577. The molecule has 122 valence electrons. The van der Waals surface area contributed by atoms with Crippen LogP contribution in [0, 0.1) is 10.1 Å². The number of aliphatic hydroxyl groups excluding tert-OH is 1. The predicted octanol–water partition coefficient (Wildman–Crippen LogP) is 1.56. The molecule has 1 amide bonds. The first-order valence-corrected chi connectivity index (χ1v) is 6.15. The number of alkyl halides is 3. The van der Waals surface area contributed by atoms with E-state index < -0.39 is 35.3 Å². The van der Waals surface area contributed by atoms with Gasteiger partial charge >= 0.3 is 6.18 Å². The second-order valence-electron chi connectivity index (χ2n) is 4.43. The van der Waals surface area contributed by atoms with Gasteiger partial charge in [-0.15, -0.1) is 0 Å². The third kappa shape index (κ3) is 4.07. The Labute approximate surface area is 123 Å². The van der Waals surface area contributed by atoms with Crippen LogP contribution in [0.4, 0.5) is 24.5 Å². The number of aliphatic hydroxyl groups is 1. The first-order valence-electron chi connectivity index (χ1n) is 6.15. The summed E-state index contributed by atoms with van der Waals surface area (Å²) in [6.45, 7) is 0.295. The van der Waals surface area contributed by atoms with Gasteiger partial charge < -0.3 is 15.7 Å². The molecule has 22 heavy (non-hydrogen) atoms. The second kappa shape index (κ2) is 6.60. The van der Waals surface area contributed by atoms with E-state index in [1.807, 2.05) is 0 Å². The maximum Gasteiger partial charge on any atom is 0.416 e. The van der Waals surface area contributed by atoms with Gasteiger partial charge in [-0.25, -0.2) is 0 Å². The average Bonchev–Trinajstić information content (AvgIpc) is 2.42. The van der Waals surface area contributed by atoms with Crippen LogP contribution in [-0.4, -0.2) is 46.2 Å². The first-order chi connectivity index (χ1) is 10.1. The van der Waals surface area contributed by atoms with Gasteiger partial charge in [0.25, 0.3) is 11.6 Å². The van der Waals surface area contributed by atoms with Gasteiger partial charge in [0.15, 0.2) is 6.10 Å². The maximum atomic E-state index is 12.4. The maximum absolute atomic E-state index is 12.4. The standard InChI is InChI=1S/C12H14F3N3O4/c1-2-17(6-10(19)12(13,14)15)11(20)8-5-7(18(21)22)3-4-9(8)16/h3-5,10,19H,2,6,16H2,1H3. The Hall–Kier alpha value is -2.36. The number of nitrogen functional groups attached to an aromatic ring is 1. The van der Waals surface area contributed by atoms with Gasteiger partial charge in [-0.3, -0.25) is 14.9 Å². The Kier molecular flexibility index (Phi) is 5.31. The molecule has 0 bridgehead atoms. The van der Waals surface area contributed by atoms with E-state index in [-0.39, 0.29) is 17.8 Å². The summed E-state index contributed by atoms with van der Waals surface area (Å²) in [5, 5.41) is 19.7. The highest BCUT2D eigenvalue weighted by Crippen LogP contribution is 2.24. The molecule has 0 radical (unpaired) electrons. The molecule has 0 saturated heterocycles. The molecule has 0 heterocycles. The lowest BCUT2D eigenvalue weighted by Crippen LogP contribution is -2.43. The second-order valence-corrected chi connectivity index (χ2v) is 4.43. The highest BCUT2D eigenvalue weighted by Gasteiger charge is 2.40. The molecule has 1 aromatic rings. The first kappa shape index (κ1) is 17.7. The molecule has 0 spiro atoms. The zero-order chi connectivity index (χ0) is 17.1. The van der Waals surface area contributed by atoms with Crippen molar-refractivity contribution in [3.63, 3.8) is 0 Å². The molecule has 0 saturated carbocycles. The number of anilines is 1. The third-order valence-electron chi connectivity index (χ3n) is 2.92. The van der Waals surface area contributed by atoms with E-state index in [1.165, 1.54) is 6.92 Å². The lowest BCUT2D eigenvalue weighted by atomic mass is 10.1. The Balaban J connectivity index is 3.07. The molecule has 0 aliphatic heterocycles. The summed E-state index contributed by atoms with van der Waals surface area (Å²) < 4.78 is 37.1. The van der Waals surface area contributed by atoms with Crippen LogP contribution in [0.15, 0.2) is 18.2 Å². The number of non-ortho nitro benzene ring substituents is 1. The number of hydrogen-bond donors (Lipinski definition) is 2. The summed E-state index contributed by atoms with van der Waals surface area (Å²) in [5.41, 5.74) is 4.74. The van der Waals surface area contributed by atoms with Crippen molar-refractivity contribution in [3.8, 4) is 0 Å².